The molecule has 5 fully saturated rings. The van der Waals surface area contributed by atoms with Gasteiger partial charge in [-0.3, -0.25) is 39.8 Å². The minimum absolute atomic E-state index is 0.0101. The Bertz CT molecular complexity index is 6840. The van der Waals surface area contributed by atoms with E-state index in [2.05, 4.69) is 183 Å². The van der Waals surface area contributed by atoms with Gasteiger partial charge in [0.25, 0.3) is 5.91 Å². The number of amides is 2. The Hall–Kier alpha value is -13.5. The molecule has 0 unspecified atom stereocenters. The van der Waals surface area contributed by atoms with E-state index in [1.165, 1.54) is 40.8 Å². The van der Waals surface area contributed by atoms with Crippen LogP contribution in [0.5, 0.6) is 0 Å². The summed E-state index contributed by atoms with van der Waals surface area (Å²) in [6.07, 6.45) is 16.4. The number of likely N-dealkylation sites (N-methyl/N-ethyl adjacent to an activating group) is 1. The van der Waals surface area contributed by atoms with Gasteiger partial charge in [-0.25, -0.2) is 38.7 Å². The van der Waals surface area contributed by atoms with E-state index in [-0.39, 0.29) is 59.6 Å². The van der Waals surface area contributed by atoms with Crippen LogP contribution in [0.15, 0.2) is 120 Å². The van der Waals surface area contributed by atoms with Gasteiger partial charge in [0.05, 0.1) is 60.8 Å². The zero-order chi connectivity index (χ0) is 101. The third kappa shape index (κ3) is 26.2. The number of H-pyrrole nitrogens is 5. The highest BCUT2D eigenvalue weighted by molar-refractivity contribution is 6.34. The number of β-amino-alcohol motifs (C(OH)–C–C–N with tert-alkyl or cyclic N) is 1. The van der Waals surface area contributed by atoms with Crippen LogP contribution in [0.1, 0.15) is 225 Å². The van der Waals surface area contributed by atoms with Gasteiger partial charge >= 0.3 is 0 Å². The summed E-state index contributed by atoms with van der Waals surface area (Å²) in [6.45, 7) is 30.0. The summed E-state index contributed by atoms with van der Waals surface area (Å²) in [7, 11) is 4.06. The molecule has 2 atom stereocenters. The van der Waals surface area contributed by atoms with Gasteiger partial charge in [-0.15, -0.1) is 0 Å². The van der Waals surface area contributed by atoms with Gasteiger partial charge in [-0.1, -0.05) is 89.7 Å². The lowest BCUT2D eigenvalue weighted by atomic mass is 9.84. The molecule has 5 aliphatic rings. The number of aliphatic hydroxyl groups is 1. The van der Waals surface area contributed by atoms with Crippen LogP contribution in [0.2, 0.25) is 20.1 Å². The number of hydrogen-bond acceptors (Lipinski definition) is 28. The van der Waals surface area contributed by atoms with Gasteiger partial charge < -0.3 is 61.2 Å². The Labute approximate surface area is 848 Å². The van der Waals surface area contributed by atoms with E-state index in [0.717, 1.165) is 152 Å². The third-order valence-corrected chi connectivity index (χ3v) is 27.9. The van der Waals surface area contributed by atoms with Gasteiger partial charge in [0.1, 0.15) is 49.1 Å². The van der Waals surface area contributed by atoms with Crippen molar-refractivity contribution < 1.29 is 28.0 Å². The normalized spacial score (nSPS) is 16.3. The summed E-state index contributed by atoms with van der Waals surface area (Å²) in [5.41, 5.74) is 17.9. The quantitative estimate of drug-likeness (QED) is 0.0253. The molecule has 748 valence electrons. The molecule has 2 amide bonds. The molecule has 0 spiro atoms. The van der Waals surface area contributed by atoms with E-state index in [4.69, 9.17) is 50.9 Å². The number of aromatic nitrogens is 19. The number of carbonyl (C=O) groups is 2. The lowest BCUT2D eigenvalue weighted by molar-refractivity contribution is -0.136. The zero-order valence-electron chi connectivity index (χ0n) is 82.2. The Morgan fingerprint density at radius 3 is 1.41 bits per heavy atom. The van der Waals surface area contributed by atoms with Crippen molar-refractivity contribution in [1.29, 1.82) is 5.26 Å². The van der Waals surface area contributed by atoms with Crippen molar-refractivity contribution in [2.24, 2.45) is 0 Å². The first-order chi connectivity index (χ1) is 68.7. The zero-order valence-corrected chi connectivity index (χ0v) is 85.3. The number of hydrogen-bond donors (Lipinski definition) is 12. The molecule has 0 bridgehead atoms. The third-order valence-electron chi connectivity index (χ3n) is 26.7. The van der Waals surface area contributed by atoms with Crippen molar-refractivity contribution in [3.8, 4) is 6.07 Å². The van der Waals surface area contributed by atoms with Crippen LogP contribution < -0.4 is 31.9 Å². The van der Waals surface area contributed by atoms with E-state index >= 15 is 8.78 Å². The monoisotopic (exact) mass is 2020 g/mol. The van der Waals surface area contributed by atoms with Gasteiger partial charge in [0, 0.05) is 110 Å². The van der Waals surface area contributed by atoms with Crippen molar-refractivity contribution in [2.45, 2.75) is 195 Å². The standard InChI is InChI=1S/C28H36ClN7O2.C26H31ClFN9O.C26H27ClFN7O.C22H25ClN8/c1-16-10-22(19-5-7-36(8-6-19)28(38)24-13-21(37)15-35(24)4)17(2)9-20(16)12-25-30-14-23(29)27(31-25)32-26-11-18(3)33-34-26;1-14(2)25-32-23(36-38-25)13-37-7-5-17(6-8-37)18-11-20(28)21(9-15(18)3)30-26-29-12-19(27)24(33-26)31-22-10-16(4)34-35-22;1-15-10-18(12-23-30-14-20(27)25(31-23)32-24-11-16(2)33-34-24)21(28)13-19(15)17-5-8-35(9-6-17)26(36)22-4-3-7-29-22;1-13-8-17(15-4-6-31(3)7-5-15)16(11-24)10-19(13)26-22-25-12-18(23)21(28-22)27-20-9-14(2)29-30-20/h9-11,14,19,21,24,37H,5-8,12-13,15H2,1-4H3,(H2,30,31,32,33,34);9-12,14,17H,5-8,13H2,1-4H3,(H3,29,30,31,33,34,35);3-4,7,10-11,13-14,17,29H,5-6,8-9,12H2,1-2H3,(H2,30,31,32,33,34);8-10,12,15H,4-7H2,1-3H3,(H3,25,26,27,28,29,30)/t21-,24-;;;/m1.../s1. The summed E-state index contributed by atoms with van der Waals surface area (Å²) in [6, 6.07) is 28.7. The molecule has 41 heteroatoms. The molecule has 19 rings (SSSR count). The molecule has 10 aromatic heterocycles. The highest BCUT2D eigenvalue weighted by Crippen LogP contribution is 2.41. The fraction of sp³-hybridized carbons (Fsp3) is 0.402. The summed E-state index contributed by atoms with van der Waals surface area (Å²) in [5.74, 6) is 8.45. The van der Waals surface area contributed by atoms with Crippen LogP contribution >= 0.6 is 46.4 Å². The van der Waals surface area contributed by atoms with Gasteiger partial charge in [0.15, 0.2) is 52.4 Å². The lowest BCUT2D eigenvalue weighted by Crippen LogP contribution is -2.47. The van der Waals surface area contributed by atoms with E-state index in [9.17, 15) is 20.0 Å². The number of nitriles is 1. The van der Waals surface area contributed by atoms with Crippen molar-refractivity contribution in [1.82, 2.24) is 120 Å². The minimum atomic E-state index is -0.405. The van der Waals surface area contributed by atoms with Crippen molar-refractivity contribution in [2.75, 3.05) is 105 Å². The smallest absolute Gasteiger partial charge is 0.270 e. The molecule has 12 N–H and O–H groups in total. The van der Waals surface area contributed by atoms with Crippen molar-refractivity contribution >= 4 is 128 Å². The first-order valence-corrected chi connectivity index (χ1v) is 49.6. The number of aryl methyl sites for hydroxylation is 9. The van der Waals surface area contributed by atoms with Crippen molar-refractivity contribution in [3.05, 3.63) is 266 Å². The predicted molar refractivity (Wildman–Crippen MR) is 550 cm³/mol. The second kappa shape index (κ2) is 46.3. The fourth-order valence-corrected chi connectivity index (χ4v) is 19.5. The largest absolute Gasteiger partial charge is 0.392 e. The number of aromatic amines is 5. The molecule has 35 nitrogen and oxygen atoms in total. The second-order valence-corrected chi connectivity index (χ2v) is 39.6. The Morgan fingerprint density at radius 1 is 0.497 bits per heavy atom. The Kier molecular flexibility index (Phi) is 33.2. The Balaban J connectivity index is 0.000000137. The van der Waals surface area contributed by atoms with Crippen LogP contribution in [-0.2, 0) is 24.2 Å². The van der Waals surface area contributed by atoms with Gasteiger partial charge in [-0.05, 0) is 282 Å². The van der Waals surface area contributed by atoms with E-state index in [1.54, 1.807) is 30.6 Å². The molecule has 4 aromatic carbocycles. The average molecular weight is 2020 g/mol. The highest BCUT2D eigenvalue weighted by atomic mass is 35.5. The number of rotatable bonds is 25. The van der Waals surface area contributed by atoms with E-state index in [0.29, 0.717) is 169 Å². The Morgan fingerprint density at radius 2 is 0.937 bits per heavy atom. The maximum Gasteiger partial charge on any atom is 0.270 e. The number of carbonyl (C=O) groups excluding carboxylic acids is 2. The first-order valence-electron chi connectivity index (χ1n) is 48.1. The summed E-state index contributed by atoms with van der Waals surface area (Å²) < 4.78 is 35.8. The molecular weight excluding hydrogens is 1900 g/mol. The number of likely N-dealkylation sites (tertiary alicyclic amines) is 5. The molecule has 15 heterocycles. The molecule has 5 aliphatic heterocycles. The lowest BCUT2D eigenvalue weighted by Gasteiger charge is -2.35. The number of aliphatic hydroxyl groups excluding tert-OH is 1. The van der Waals surface area contributed by atoms with Gasteiger partial charge in [-0.2, -0.15) is 40.6 Å². The van der Waals surface area contributed by atoms with Crippen LogP contribution in [0.4, 0.5) is 78.6 Å². The summed E-state index contributed by atoms with van der Waals surface area (Å²) in [5, 5.41) is 72.0. The van der Waals surface area contributed by atoms with E-state index < -0.39 is 6.10 Å². The van der Waals surface area contributed by atoms with Crippen molar-refractivity contribution in [3.63, 3.8) is 0 Å². The molecule has 0 radical (unpaired) electrons. The summed E-state index contributed by atoms with van der Waals surface area (Å²) in [4.78, 5) is 78.8. The maximum atomic E-state index is 15.2. The number of anilines is 12. The number of nitrogens with one attached hydrogen (secondary N) is 11. The van der Waals surface area contributed by atoms with Crippen LogP contribution in [-0.4, -0.2) is 222 Å². The molecule has 143 heavy (non-hydrogen) atoms. The van der Waals surface area contributed by atoms with Crippen LogP contribution in [0.25, 0.3) is 0 Å². The number of halogens is 6. The average Bonchev–Trinajstić information content (AvgIpc) is 1.81. The minimum Gasteiger partial charge on any atom is -0.392 e. The molecule has 0 saturated carbocycles. The highest BCUT2D eigenvalue weighted by Gasteiger charge is 2.38. The first kappa shape index (κ1) is 102. The maximum absolute atomic E-state index is 15.2. The molecular formula is C102H119Cl4F2N31O4. The number of nitrogens with zero attached hydrogens (tertiary/aromatic N) is 20. The second-order valence-electron chi connectivity index (χ2n) is 38.0. The number of benzene rings is 4. The summed E-state index contributed by atoms with van der Waals surface area (Å²) >= 11 is 25.1. The van der Waals surface area contributed by atoms with Crippen LogP contribution in [0, 0.1) is 85.3 Å². The van der Waals surface area contributed by atoms with E-state index in [1.807, 2.05) is 133 Å². The number of piperidine rings is 4. The molecule has 14 aromatic rings. The fourth-order valence-electron chi connectivity index (χ4n) is 19.0. The SMILES string of the molecule is Cc1cc(Nc2nc(Cc3cc(C)c(C4CCN(C(=O)[C@H]5C[C@@H](O)CN5C)CC4)cc3C)ncc2Cl)n[nH]1.Cc1cc(Nc2nc(Cc3cc(C)c(C4CCN(C(=O)c5ccc[nH]5)CC4)cc3F)ncc2Cl)n[nH]1.Cc1cc(Nc2nc(Nc3cc(C#N)c(C4CCN(C)CC4)cc3C)ncc2Cl)n[nH]1.Cc1cc(Nc2nc(Nc3cc(C)c(C4CCN(Cc5noc(C(C)C)n5)CC4)cc3F)ncc2Cl)n[nH]1. The van der Waals surface area contributed by atoms with Gasteiger partial charge in [0.2, 0.25) is 23.7 Å². The molecule has 0 aliphatic carbocycles. The van der Waals surface area contributed by atoms with Crippen LogP contribution in [0.3, 0.4) is 0 Å². The topological polar surface area (TPSA) is 439 Å². The molecule has 5 saturated heterocycles. The predicted octanol–water partition coefficient (Wildman–Crippen LogP) is 19.8.